The molecule has 0 aliphatic rings. The van der Waals surface area contributed by atoms with Crippen LogP contribution in [0.4, 0.5) is 9.59 Å². The molecule has 0 aromatic heterocycles. The zero-order valence-corrected chi connectivity index (χ0v) is 49.9. The molecule has 11 N–H and O–H groups in total. The predicted molar refractivity (Wildman–Crippen MR) is 317 cm³/mol. The van der Waals surface area contributed by atoms with Crippen LogP contribution in [0.1, 0.15) is 109 Å². The van der Waals surface area contributed by atoms with Gasteiger partial charge in [0.2, 0.25) is 41.4 Å². The van der Waals surface area contributed by atoms with Crippen LogP contribution in [0.5, 0.6) is 5.75 Å². The van der Waals surface area contributed by atoms with Gasteiger partial charge >= 0.3 is 24.1 Å². The second-order valence-corrected chi connectivity index (χ2v) is 22.2. The molecule has 470 valence electrons. The van der Waals surface area contributed by atoms with Crippen LogP contribution in [0.2, 0.25) is 0 Å². The van der Waals surface area contributed by atoms with Gasteiger partial charge in [-0.3, -0.25) is 43.2 Å². The van der Waals surface area contributed by atoms with Gasteiger partial charge in [0, 0.05) is 38.8 Å². The number of esters is 2. The fourth-order valence-electron chi connectivity index (χ4n) is 8.16. The number of nitrogens with one attached hydrogen (secondary N) is 8. The molecule has 0 aliphatic carbocycles. The van der Waals surface area contributed by atoms with Gasteiger partial charge in [-0.2, -0.15) is 0 Å². The SMILES string of the molecule is CC(C)(C)OC(=O)C[C@H](NC(=O)[C@H](CCCNC(=O)CCC(=O)NCCC[C@H](NC(=O)[C@H](Cc1ccc(O)cc1)NC(=O)OC(C)(C)C)C(=O)NCC(=O)OCc1ccccc1)NC(=O)OCc1ccccc1)C(=O)N[C@@H](Cc1ccccc1)C(N)=O. The summed E-state index contributed by atoms with van der Waals surface area (Å²) in [5.41, 5.74) is 6.34. The third-order valence-corrected chi connectivity index (χ3v) is 12.4. The summed E-state index contributed by atoms with van der Waals surface area (Å²) in [5, 5.41) is 30.3. The maximum absolute atomic E-state index is 14.0. The van der Waals surface area contributed by atoms with E-state index in [-0.39, 0.29) is 83.4 Å². The molecule has 4 rings (SSSR count). The van der Waals surface area contributed by atoms with Gasteiger partial charge in [-0.15, -0.1) is 0 Å². The van der Waals surface area contributed by atoms with Crippen molar-refractivity contribution in [3.05, 3.63) is 138 Å². The van der Waals surface area contributed by atoms with Gasteiger partial charge in [-0.25, -0.2) is 9.59 Å². The molecule has 0 fully saturated rings. The van der Waals surface area contributed by atoms with Crippen LogP contribution in [-0.4, -0.2) is 132 Å². The highest BCUT2D eigenvalue weighted by molar-refractivity contribution is 5.96. The van der Waals surface area contributed by atoms with E-state index in [9.17, 15) is 57.8 Å². The lowest BCUT2D eigenvalue weighted by Gasteiger charge is -2.26. The molecule has 5 atom stereocenters. The molecule has 0 spiro atoms. The monoisotopic (exact) mass is 1210 g/mol. The molecule has 0 saturated carbocycles. The maximum Gasteiger partial charge on any atom is 0.408 e. The van der Waals surface area contributed by atoms with E-state index in [4.69, 9.17) is 24.7 Å². The van der Waals surface area contributed by atoms with E-state index in [2.05, 4.69) is 42.5 Å². The minimum absolute atomic E-state index is 0.00160. The van der Waals surface area contributed by atoms with Crippen LogP contribution in [-0.2, 0) is 88.2 Å². The number of alkyl carbamates (subject to hydrolysis) is 2. The molecule has 0 aliphatic heterocycles. The molecule has 0 bridgehead atoms. The van der Waals surface area contributed by atoms with Gasteiger partial charge in [0.05, 0.1) is 6.42 Å². The van der Waals surface area contributed by atoms with E-state index in [0.29, 0.717) is 22.3 Å². The first kappa shape index (κ1) is 69.9. The van der Waals surface area contributed by atoms with Crippen molar-refractivity contribution in [1.82, 2.24) is 42.5 Å². The Morgan fingerprint density at radius 2 is 0.874 bits per heavy atom. The fourth-order valence-corrected chi connectivity index (χ4v) is 8.16. The first-order valence-corrected chi connectivity index (χ1v) is 28.4. The van der Waals surface area contributed by atoms with Crippen LogP contribution in [0.3, 0.4) is 0 Å². The lowest BCUT2D eigenvalue weighted by Crippen LogP contribution is -2.57. The van der Waals surface area contributed by atoms with E-state index in [1.165, 1.54) is 12.1 Å². The molecule has 0 heterocycles. The predicted octanol–water partition coefficient (Wildman–Crippen LogP) is 3.47. The smallest absolute Gasteiger partial charge is 0.408 e. The van der Waals surface area contributed by atoms with Crippen LogP contribution < -0.4 is 48.3 Å². The minimum Gasteiger partial charge on any atom is -0.508 e. The Morgan fingerprint density at radius 3 is 1.39 bits per heavy atom. The highest BCUT2D eigenvalue weighted by atomic mass is 16.6. The molecule has 87 heavy (non-hydrogen) atoms. The van der Waals surface area contributed by atoms with Crippen LogP contribution in [0, 0.1) is 0 Å². The number of benzene rings is 4. The Bertz CT molecular complexity index is 2920. The van der Waals surface area contributed by atoms with E-state index in [1.54, 1.807) is 145 Å². The van der Waals surface area contributed by atoms with E-state index in [0.717, 1.165) is 0 Å². The van der Waals surface area contributed by atoms with Gasteiger partial charge in [0.15, 0.2) is 0 Å². The molecular weight excluding hydrogens is 1130 g/mol. The highest BCUT2D eigenvalue weighted by Gasteiger charge is 2.33. The number of carbonyl (C=O) groups is 11. The Balaban J connectivity index is 1.36. The minimum atomic E-state index is -1.62. The van der Waals surface area contributed by atoms with Crippen molar-refractivity contribution in [1.29, 1.82) is 0 Å². The molecular formula is C62H81N9O16. The van der Waals surface area contributed by atoms with Gasteiger partial charge in [-0.1, -0.05) is 103 Å². The number of hydrogen-bond donors (Lipinski definition) is 10. The zero-order chi connectivity index (χ0) is 63.9. The fraction of sp³-hybridized carbons (Fsp3) is 0.435. The van der Waals surface area contributed by atoms with Crippen LogP contribution >= 0.6 is 0 Å². The zero-order valence-electron chi connectivity index (χ0n) is 49.9. The molecule has 25 heteroatoms. The van der Waals surface area contributed by atoms with E-state index in [1.807, 2.05) is 0 Å². The lowest BCUT2D eigenvalue weighted by atomic mass is 10.0. The molecule has 4 aromatic carbocycles. The van der Waals surface area contributed by atoms with E-state index < -0.39 is 120 Å². The summed E-state index contributed by atoms with van der Waals surface area (Å²) in [4.78, 5) is 146. The van der Waals surface area contributed by atoms with Crippen molar-refractivity contribution in [3.63, 3.8) is 0 Å². The van der Waals surface area contributed by atoms with Crippen molar-refractivity contribution in [2.75, 3.05) is 19.6 Å². The summed E-state index contributed by atoms with van der Waals surface area (Å²) in [6.07, 6.45) is -3.24. The van der Waals surface area contributed by atoms with Crippen LogP contribution in [0.15, 0.2) is 115 Å². The first-order chi connectivity index (χ1) is 41.2. The number of primary amides is 1. The molecule has 4 aromatic rings. The summed E-state index contributed by atoms with van der Waals surface area (Å²) in [6, 6.07) is 25.3. The van der Waals surface area contributed by atoms with Gasteiger partial charge < -0.3 is 72.3 Å². The second-order valence-electron chi connectivity index (χ2n) is 22.2. The van der Waals surface area contributed by atoms with Gasteiger partial charge in [0.1, 0.15) is 66.9 Å². The van der Waals surface area contributed by atoms with Crippen LogP contribution in [0.25, 0.3) is 0 Å². The number of nitrogens with two attached hydrogens (primary N) is 1. The number of hydrogen-bond acceptors (Lipinski definition) is 16. The van der Waals surface area contributed by atoms with Gasteiger partial charge in [0.25, 0.3) is 0 Å². The normalized spacial score (nSPS) is 12.8. The molecule has 0 unspecified atom stereocenters. The quantitative estimate of drug-likeness (QED) is 0.0185. The second kappa shape index (κ2) is 35.7. The summed E-state index contributed by atoms with van der Waals surface area (Å²) < 4.78 is 21.5. The number of amides is 9. The summed E-state index contributed by atoms with van der Waals surface area (Å²) in [6.45, 7) is 8.94. The molecule has 9 amide bonds. The van der Waals surface area contributed by atoms with Crippen molar-refractivity contribution < 1.29 is 76.8 Å². The largest absolute Gasteiger partial charge is 0.508 e. The standard InChI is InChI=1S/C62H81N9O16/c1-61(2,3)86-52(75)36-49(58(81)68-47(54(63)77)34-40-18-10-7-11-19-40)69-56(79)46(70-59(82)85-39-43-22-14-9-15-23-43)25-17-33-65-51(74)31-30-50(73)64-32-16-24-45(55(78)66-37-53(76)84-38-42-20-12-8-13-21-42)67-57(80)48(71-60(83)87-62(4,5)6)35-41-26-28-44(72)29-27-41/h7-15,18-23,26-29,45-49,72H,16-17,24-25,30-39H2,1-6H3,(H2,63,77)(H,64,73)(H,65,74)(H,66,78)(H,67,80)(H,68,81)(H,69,79)(H,70,82)(H,71,83)/t45-,46-,47-,48-,49-/m0/s1. The van der Waals surface area contributed by atoms with Crippen molar-refractivity contribution in [3.8, 4) is 5.75 Å². The Morgan fingerprint density at radius 1 is 0.448 bits per heavy atom. The number of phenols is 1. The van der Waals surface area contributed by atoms with Crippen molar-refractivity contribution in [2.45, 2.75) is 154 Å². The van der Waals surface area contributed by atoms with Gasteiger partial charge in [-0.05, 0) is 102 Å². The van der Waals surface area contributed by atoms with Crippen molar-refractivity contribution >= 4 is 65.5 Å². The molecule has 25 nitrogen and oxygen atoms in total. The highest BCUT2D eigenvalue weighted by Crippen LogP contribution is 2.15. The lowest BCUT2D eigenvalue weighted by molar-refractivity contribution is -0.156. The molecule has 0 saturated heterocycles. The summed E-state index contributed by atoms with van der Waals surface area (Å²) in [5.74, 6) is -7.01. The number of ether oxygens (including phenoxy) is 4. The first-order valence-electron chi connectivity index (χ1n) is 28.4. The Kier molecular flexibility index (Phi) is 28.7. The number of carbonyl (C=O) groups excluding carboxylic acids is 11. The number of rotatable bonds is 33. The number of phenolic OH excluding ortho intramolecular Hbond substituents is 1. The third kappa shape index (κ3) is 29.2. The Labute approximate surface area is 505 Å². The Hall–Kier alpha value is -9.55. The third-order valence-electron chi connectivity index (χ3n) is 12.4. The number of aromatic hydroxyl groups is 1. The topological polar surface area (TPSA) is 367 Å². The van der Waals surface area contributed by atoms with E-state index >= 15 is 0 Å². The summed E-state index contributed by atoms with van der Waals surface area (Å²) in [7, 11) is 0. The average molecular weight is 1210 g/mol. The van der Waals surface area contributed by atoms with Crippen molar-refractivity contribution in [2.24, 2.45) is 5.73 Å². The average Bonchev–Trinajstić information content (AvgIpc) is 3.63. The summed E-state index contributed by atoms with van der Waals surface area (Å²) >= 11 is 0. The molecule has 0 radical (unpaired) electrons. The maximum atomic E-state index is 14.0.